The molecule has 0 heterocycles. The summed E-state index contributed by atoms with van der Waals surface area (Å²) in [6.07, 6.45) is 0.870. The molecule has 0 aromatic heterocycles. The minimum atomic E-state index is 0.0653. The van der Waals surface area contributed by atoms with Crippen LogP contribution in [0.15, 0.2) is 30.3 Å². The van der Waals surface area contributed by atoms with Crippen LogP contribution < -0.4 is 5.32 Å². The summed E-state index contributed by atoms with van der Waals surface area (Å²) in [4.78, 5) is 0. The minimum Gasteiger partial charge on any atom is -0.507 e. The van der Waals surface area contributed by atoms with Gasteiger partial charge in [0.2, 0.25) is 0 Å². The van der Waals surface area contributed by atoms with Gasteiger partial charge in [0.05, 0.1) is 6.04 Å². The maximum Gasteiger partial charge on any atom is 0.123 e. The van der Waals surface area contributed by atoms with Crippen molar-refractivity contribution in [3.63, 3.8) is 0 Å². The predicted octanol–water partition coefficient (Wildman–Crippen LogP) is 5.88. The number of anilines is 1. The van der Waals surface area contributed by atoms with Crippen LogP contribution in [0.5, 0.6) is 5.75 Å². The van der Waals surface area contributed by atoms with Crippen LogP contribution in [0.4, 0.5) is 5.69 Å². The topological polar surface area (TPSA) is 32.3 Å². The third-order valence-electron chi connectivity index (χ3n) is 3.71. The standard InChI is InChI=1S/C17H19Cl2NO/c1-4-15(13-7-6-12(18)9-14(13)19)20-16-8-5-10(2)17(21)11(16)3/h5-9,15,20-21H,4H2,1-3H3. The van der Waals surface area contributed by atoms with Crippen molar-refractivity contribution in [2.24, 2.45) is 0 Å². The van der Waals surface area contributed by atoms with E-state index >= 15 is 0 Å². The Labute approximate surface area is 135 Å². The molecule has 2 N–H and O–H groups in total. The molecule has 21 heavy (non-hydrogen) atoms. The van der Waals surface area contributed by atoms with Crippen molar-refractivity contribution < 1.29 is 5.11 Å². The van der Waals surface area contributed by atoms with Crippen molar-refractivity contribution in [2.45, 2.75) is 33.2 Å². The fourth-order valence-electron chi connectivity index (χ4n) is 2.36. The quantitative estimate of drug-likeness (QED) is 0.736. The lowest BCUT2D eigenvalue weighted by Crippen LogP contribution is -2.11. The van der Waals surface area contributed by atoms with E-state index in [0.29, 0.717) is 15.8 Å². The lowest BCUT2D eigenvalue weighted by atomic mass is 10.0. The van der Waals surface area contributed by atoms with Gasteiger partial charge in [-0.05, 0) is 49.6 Å². The summed E-state index contributed by atoms with van der Waals surface area (Å²) in [7, 11) is 0. The summed E-state index contributed by atoms with van der Waals surface area (Å²) < 4.78 is 0. The molecule has 1 atom stereocenters. The molecule has 2 aromatic carbocycles. The van der Waals surface area contributed by atoms with Gasteiger partial charge in [0.25, 0.3) is 0 Å². The highest BCUT2D eigenvalue weighted by atomic mass is 35.5. The SMILES string of the molecule is CCC(Nc1ccc(C)c(O)c1C)c1ccc(Cl)cc1Cl. The number of phenols is 1. The van der Waals surface area contributed by atoms with Gasteiger partial charge in [-0.25, -0.2) is 0 Å². The third kappa shape index (κ3) is 3.45. The smallest absolute Gasteiger partial charge is 0.123 e. The number of benzene rings is 2. The fraction of sp³-hybridized carbons (Fsp3) is 0.294. The second-order valence-electron chi connectivity index (χ2n) is 5.17. The Morgan fingerprint density at radius 2 is 1.86 bits per heavy atom. The van der Waals surface area contributed by atoms with E-state index in [1.54, 1.807) is 6.07 Å². The first-order chi connectivity index (χ1) is 9.93. The number of aryl methyl sites for hydroxylation is 1. The lowest BCUT2D eigenvalue weighted by Gasteiger charge is -2.22. The van der Waals surface area contributed by atoms with Crippen LogP contribution in [0.3, 0.4) is 0 Å². The van der Waals surface area contributed by atoms with Crippen molar-refractivity contribution in [1.82, 2.24) is 0 Å². The predicted molar refractivity (Wildman–Crippen MR) is 90.7 cm³/mol. The summed E-state index contributed by atoms with van der Waals surface area (Å²) in [6, 6.07) is 9.48. The van der Waals surface area contributed by atoms with E-state index in [4.69, 9.17) is 23.2 Å². The lowest BCUT2D eigenvalue weighted by molar-refractivity contribution is 0.467. The summed E-state index contributed by atoms with van der Waals surface area (Å²) in [5.74, 6) is 0.331. The first kappa shape index (κ1) is 16.0. The molecule has 4 heteroatoms. The molecule has 112 valence electrons. The molecule has 0 radical (unpaired) electrons. The normalized spacial score (nSPS) is 12.2. The molecule has 2 aromatic rings. The Bertz CT molecular complexity index is 655. The van der Waals surface area contributed by atoms with Crippen LogP contribution in [0.1, 0.15) is 36.1 Å². The van der Waals surface area contributed by atoms with E-state index < -0.39 is 0 Å². The molecular formula is C17H19Cl2NO. The van der Waals surface area contributed by atoms with Gasteiger partial charge in [-0.3, -0.25) is 0 Å². The van der Waals surface area contributed by atoms with Gasteiger partial charge < -0.3 is 10.4 Å². The highest BCUT2D eigenvalue weighted by molar-refractivity contribution is 6.35. The Kier molecular flexibility index (Phi) is 5.02. The van der Waals surface area contributed by atoms with Gasteiger partial charge in [0.15, 0.2) is 0 Å². The van der Waals surface area contributed by atoms with Gasteiger partial charge >= 0.3 is 0 Å². The third-order valence-corrected chi connectivity index (χ3v) is 4.27. The fourth-order valence-corrected chi connectivity index (χ4v) is 2.90. The van der Waals surface area contributed by atoms with E-state index in [0.717, 1.165) is 28.8 Å². The Hall–Kier alpha value is -1.38. The summed E-state index contributed by atoms with van der Waals surface area (Å²) in [5.41, 5.74) is 3.63. The van der Waals surface area contributed by atoms with Crippen LogP contribution >= 0.6 is 23.2 Å². The molecule has 2 nitrogen and oxygen atoms in total. The zero-order valence-electron chi connectivity index (χ0n) is 12.4. The van der Waals surface area contributed by atoms with Crippen molar-refractivity contribution in [3.8, 4) is 5.75 Å². The Morgan fingerprint density at radius 1 is 1.14 bits per heavy atom. The molecule has 0 bridgehead atoms. The molecule has 1 unspecified atom stereocenters. The van der Waals surface area contributed by atoms with Gasteiger partial charge in [-0.1, -0.05) is 42.3 Å². The molecule has 0 amide bonds. The first-order valence-electron chi connectivity index (χ1n) is 6.94. The molecule has 0 aliphatic heterocycles. The molecule has 0 aliphatic carbocycles. The van der Waals surface area contributed by atoms with Crippen molar-refractivity contribution in [1.29, 1.82) is 0 Å². The van der Waals surface area contributed by atoms with Crippen molar-refractivity contribution in [2.75, 3.05) is 5.32 Å². The molecule has 0 spiro atoms. The van der Waals surface area contributed by atoms with E-state index in [9.17, 15) is 5.11 Å². The number of rotatable bonds is 4. The van der Waals surface area contributed by atoms with Crippen LogP contribution in [0, 0.1) is 13.8 Å². The van der Waals surface area contributed by atoms with Crippen molar-refractivity contribution in [3.05, 3.63) is 57.1 Å². The van der Waals surface area contributed by atoms with Gasteiger partial charge in [0.1, 0.15) is 5.75 Å². The summed E-state index contributed by atoms with van der Waals surface area (Å²) in [6.45, 7) is 5.88. The van der Waals surface area contributed by atoms with Crippen LogP contribution in [0.2, 0.25) is 10.0 Å². The van der Waals surface area contributed by atoms with Crippen LogP contribution in [0.25, 0.3) is 0 Å². The summed E-state index contributed by atoms with van der Waals surface area (Å²) >= 11 is 12.2. The maximum absolute atomic E-state index is 10.1. The molecule has 0 fully saturated rings. The highest BCUT2D eigenvalue weighted by Gasteiger charge is 2.15. The number of hydrogen-bond acceptors (Lipinski definition) is 2. The molecule has 0 saturated heterocycles. The molecule has 0 aliphatic rings. The first-order valence-corrected chi connectivity index (χ1v) is 7.70. The Balaban J connectivity index is 2.33. The zero-order chi connectivity index (χ0) is 15.6. The zero-order valence-corrected chi connectivity index (χ0v) is 13.9. The largest absolute Gasteiger partial charge is 0.507 e. The van der Waals surface area contributed by atoms with Gasteiger partial charge in [-0.2, -0.15) is 0 Å². The highest BCUT2D eigenvalue weighted by Crippen LogP contribution is 2.34. The van der Waals surface area contributed by atoms with Crippen LogP contribution in [-0.2, 0) is 0 Å². The van der Waals surface area contributed by atoms with Crippen molar-refractivity contribution >= 4 is 28.9 Å². The second-order valence-corrected chi connectivity index (χ2v) is 6.02. The maximum atomic E-state index is 10.1. The average Bonchev–Trinajstić information content (AvgIpc) is 2.45. The molecular weight excluding hydrogens is 305 g/mol. The number of halogens is 2. The van der Waals surface area contributed by atoms with E-state index in [1.807, 2.05) is 38.1 Å². The van der Waals surface area contributed by atoms with E-state index in [2.05, 4.69) is 12.2 Å². The van der Waals surface area contributed by atoms with Gasteiger partial charge in [0, 0.05) is 21.3 Å². The average molecular weight is 324 g/mol. The molecule has 0 saturated carbocycles. The number of nitrogens with one attached hydrogen (secondary N) is 1. The monoisotopic (exact) mass is 323 g/mol. The van der Waals surface area contributed by atoms with Gasteiger partial charge in [-0.15, -0.1) is 0 Å². The number of hydrogen-bond donors (Lipinski definition) is 2. The van der Waals surface area contributed by atoms with E-state index in [1.165, 1.54) is 0 Å². The summed E-state index contributed by atoms with van der Waals surface area (Å²) in [5, 5.41) is 14.8. The second kappa shape index (κ2) is 6.59. The number of aromatic hydroxyl groups is 1. The number of phenolic OH excluding ortho intramolecular Hbond substituents is 1. The van der Waals surface area contributed by atoms with Crippen LogP contribution in [-0.4, -0.2) is 5.11 Å². The molecule has 2 rings (SSSR count). The van der Waals surface area contributed by atoms with E-state index in [-0.39, 0.29) is 6.04 Å². The Morgan fingerprint density at radius 3 is 2.48 bits per heavy atom. The minimum absolute atomic E-state index is 0.0653.